The molecule has 0 fully saturated rings. The number of nitrogens with two attached hydrogens (primary N) is 1. The second-order valence-electron chi connectivity index (χ2n) is 3.75. The Morgan fingerprint density at radius 2 is 1.94 bits per heavy atom. The molecule has 1 rings (SSSR count). The molecule has 0 spiro atoms. The summed E-state index contributed by atoms with van der Waals surface area (Å²) in [6, 6.07) is 8.53. The van der Waals surface area contributed by atoms with Crippen LogP contribution in [0.3, 0.4) is 0 Å². The highest BCUT2D eigenvalue weighted by atomic mass is 16.2. The van der Waals surface area contributed by atoms with Gasteiger partial charge in [0, 0.05) is 0 Å². The van der Waals surface area contributed by atoms with Crippen molar-refractivity contribution in [1.82, 2.24) is 5.32 Å². The van der Waals surface area contributed by atoms with Crippen molar-refractivity contribution in [1.29, 1.82) is 5.26 Å². The van der Waals surface area contributed by atoms with E-state index in [0.29, 0.717) is 5.56 Å². The van der Waals surface area contributed by atoms with Crippen molar-refractivity contribution < 1.29 is 4.79 Å². The van der Waals surface area contributed by atoms with E-state index >= 15 is 0 Å². The van der Waals surface area contributed by atoms with E-state index in [1.807, 2.05) is 25.1 Å². The molecule has 0 aliphatic carbocycles. The van der Waals surface area contributed by atoms with Gasteiger partial charge in [0.1, 0.15) is 0 Å². The summed E-state index contributed by atoms with van der Waals surface area (Å²) >= 11 is 0. The molecule has 0 saturated carbocycles. The molecule has 84 valence electrons. The van der Waals surface area contributed by atoms with Crippen LogP contribution in [0.2, 0.25) is 0 Å². The fraction of sp³-hybridized carbons (Fsp3) is 0.333. The van der Waals surface area contributed by atoms with Gasteiger partial charge in [-0.25, -0.2) is 0 Å². The number of benzene rings is 1. The van der Waals surface area contributed by atoms with Crippen LogP contribution in [0.5, 0.6) is 0 Å². The highest BCUT2D eigenvalue weighted by molar-refractivity contribution is 5.81. The molecule has 0 aromatic heterocycles. The number of nitrogens with one attached hydrogen (secondary N) is 1. The Balaban J connectivity index is 2.70. The van der Waals surface area contributed by atoms with Crippen molar-refractivity contribution in [3.8, 4) is 6.07 Å². The van der Waals surface area contributed by atoms with Crippen molar-refractivity contribution >= 4 is 5.91 Å². The Morgan fingerprint density at radius 1 is 1.38 bits per heavy atom. The lowest BCUT2D eigenvalue weighted by Crippen LogP contribution is -2.39. The summed E-state index contributed by atoms with van der Waals surface area (Å²) in [4.78, 5) is 11.4. The van der Waals surface area contributed by atoms with Crippen LogP contribution in [0.1, 0.15) is 31.0 Å². The highest BCUT2D eigenvalue weighted by Gasteiger charge is 2.12. The lowest BCUT2D eigenvalue weighted by molar-refractivity contribution is -0.122. The Morgan fingerprint density at radius 3 is 2.38 bits per heavy atom. The first kappa shape index (κ1) is 12.2. The normalized spacial score (nSPS) is 13.6. The quantitative estimate of drug-likeness (QED) is 0.795. The molecule has 0 aliphatic rings. The van der Waals surface area contributed by atoms with Crippen LogP contribution in [-0.2, 0) is 4.79 Å². The fourth-order valence-corrected chi connectivity index (χ4v) is 1.27. The Labute approximate surface area is 95.1 Å². The van der Waals surface area contributed by atoms with E-state index in [4.69, 9.17) is 11.0 Å². The molecule has 3 N–H and O–H groups in total. The molecule has 2 atom stereocenters. The maximum Gasteiger partial charge on any atom is 0.237 e. The molecule has 0 heterocycles. The van der Waals surface area contributed by atoms with Gasteiger partial charge in [-0.05, 0) is 31.5 Å². The minimum atomic E-state index is -0.513. The highest BCUT2D eigenvalue weighted by Crippen LogP contribution is 2.12. The molecule has 0 bridgehead atoms. The Bertz CT molecular complexity index is 403. The average molecular weight is 217 g/mol. The SMILES string of the molecule is CC(NC(=O)[C@@H](C)N)c1ccc(C#N)cc1. The fourth-order valence-electron chi connectivity index (χ4n) is 1.27. The third-order valence-electron chi connectivity index (χ3n) is 2.31. The zero-order valence-electron chi connectivity index (χ0n) is 9.40. The van der Waals surface area contributed by atoms with Gasteiger partial charge in [-0.15, -0.1) is 0 Å². The van der Waals surface area contributed by atoms with Crippen LogP contribution >= 0.6 is 0 Å². The number of amides is 1. The van der Waals surface area contributed by atoms with E-state index in [2.05, 4.69) is 5.32 Å². The van der Waals surface area contributed by atoms with Crippen LogP contribution in [0, 0.1) is 11.3 Å². The van der Waals surface area contributed by atoms with Gasteiger partial charge < -0.3 is 11.1 Å². The summed E-state index contributed by atoms with van der Waals surface area (Å²) < 4.78 is 0. The maximum atomic E-state index is 11.4. The third kappa shape index (κ3) is 3.07. The van der Waals surface area contributed by atoms with E-state index in [9.17, 15) is 4.79 Å². The standard InChI is InChI=1S/C12H15N3O/c1-8(14)12(16)15-9(2)11-5-3-10(7-13)4-6-11/h3-6,8-9H,14H2,1-2H3,(H,15,16)/t8-,9?/m1/s1. The smallest absolute Gasteiger partial charge is 0.237 e. The minimum Gasteiger partial charge on any atom is -0.348 e. The molecule has 1 unspecified atom stereocenters. The van der Waals surface area contributed by atoms with Crippen molar-refractivity contribution in [2.75, 3.05) is 0 Å². The number of hydrogen-bond acceptors (Lipinski definition) is 3. The van der Waals surface area contributed by atoms with Gasteiger partial charge in [0.05, 0.1) is 23.7 Å². The lowest BCUT2D eigenvalue weighted by Gasteiger charge is -2.15. The zero-order chi connectivity index (χ0) is 12.1. The number of nitrogens with zero attached hydrogens (tertiary/aromatic N) is 1. The second-order valence-corrected chi connectivity index (χ2v) is 3.75. The summed E-state index contributed by atoms with van der Waals surface area (Å²) in [5.74, 6) is -0.183. The van der Waals surface area contributed by atoms with Gasteiger partial charge in [-0.2, -0.15) is 5.26 Å². The van der Waals surface area contributed by atoms with Crippen molar-refractivity contribution in [2.24, 2.45) is 5.73 Å². The van der Waals surface area contributed by atoms with Crippen LogP contribution in [0.25, 0.3) is 0 Å². The van der Waals surface area contributed by atoms with E-state index in [-0.39, 0.29) is 11.9 Å². The van der Waals surface area contributed by atoms with Crippen molar-refractivity contribution in [2.45, 2.75) is 25.9 Å². The number of carbonyl (C=O) groups excluding carboxylic acids is 1. The number of nitriles is 1. The first-order valence-corrected chi connectivity index (χ1v) is 5.10. The van der Waals surface area contributed by atoms with Gasteiger partial charge in [0.15, 0.2) is 0 Å². The molecule has 16 heavy (non-hydrogen) atoms. The van der Waals surface area contributed by atoms with Crippen molar-refractivity contribution in [3.05, 3.63) is 35.4 Å². The van der Waals surface area contributed by atoms with Gasteiger partial charge in [-0.3, -0.25) is 4.79 Å². The summed E-state index contributed by atoms with van der Waals surface area (Å²) in [7, 11) is 0. The van der Waals surface area contributed by atoms with Crippen LogP contribution < -0.4 is 11.1 Å². The Kier molecular flexibility index (Phi) is 4.03. The van der Waals surface area contributed by atoms with Gasteiger partial charge >= 0.3 is 0 Å². The molecule has 0 aliphatic heterocycles. The van der Waals surface area contributed by atoms with Crippen LogP contribution in [0.4, 0.5) is 0 Å². The number of carbonyl (C=O) groups is 1. The summed E-state index contributed by atoms with van der Waals surface area (Å²) in [6.45, 7) is 3.52. The number of rotatable bonds is 3. The van der Waals surface area contributed by atoms with Gasteiger partial charge in [-0.1, -0.05) is 12.1 Å². The molecule has 0 radical (unpaired) electrons. The molecule has 0 saturated heterocycles. The molecule has 4 heteroatoms. The minimum absolute atomic E-state index is 0.105. The monoisotopic (exact) mass is 217 g/mol. The Hall–Kier alpha value is -1.86. The first-order valence-electron chi connectivity index (χ1n) is 5.10. The molecule has 1 amide bonds. The summed E-state index contributed by atoms with van der Waals surface area (Å²) in [5.41, 5.74) is 7.01. The van der Waals surface area contributed by atoms with E-state index in [0.717, 1.165) is 5.56 Å². The van der Waals surface area contributed by atoms with Crippen molar-refractivity contribution in [3.63, 3.8) is 0 Å². The van der Waals surface area contributed by atoms with E-state index in [1.54, 1.807) is 19.1 Å². The van der Waals surface area contributed by atoms with Gasteiger partial charge in [0.25, 0.3) is 0 Å². The van der Waals surface area contributed by atoms with E-state index in [1.165, 1.54) is 0 Å². The molecule has 4 nitrogen and oxygen atoms in total. The predicted molar refractivity (Wildman–Crippen MR) is 61.4 cm³/mol. The van der Waals surface area contributed by atoms with Crippen LogP contribution in [-0.4, -0.2) is 11.9 Å². The third-order valence-corrected chi connectivity index (χ3v) is 2.31. The van der Waals surface area contributed by atoms with E-state index < -0.39 is 6.04 Å². The topological polar surface area (TPSA) is 78.9 Å². The molecular formula is C12H15N3O. The summed E-state index contributed by atoms with van der Waals surface area (Å²) in [6.07, 6.45) is 0. The van der Waals surface area contributed by atoms with Crippen LogP contribution in [0.15, 0.2) is 24.3 Å². The number of hydrogen-bond donors (Lipinski definition) is 2. The first-order chi connectivity index (χ1) is 7.54. The predicted octanol–water partition coefficient (Wildman–Crippen LogP) is 1.08. The summed E-state index contributed by atoms with van der Waals surface area (Å²) in [5, 5.41) is 11.4. The maximum absolute atomic E-state index is 11.4. The molecular weight excluding hydrogens is 202 g/mol. The largest absolute Gasteiger partial charge is 0.348 e. The molecule has 1 aromatic rings. The zero-order valence-corrected chi connectivity index (χ0v) is 9.40. The average Bonchev–Trinajstić information content (AvgIpc) is 2.28. The second kappa shape index (κ2) is 5.29. The lowest BCUT2D eigenvalue weighted by atomic mass is 10.1. The van der Waals surface area contributed by atoms with Gasteiger partial charge in [0.2, 0.25) is 5.91 Å². The molecule has 1 aromatic carbocycles.